The highest BCUT2D eigenvalue weighted by atomic mass is 32.2. The Morgan fingerprint density at radius 2 is 1.62 bits per heavy atom. The van der Waals surface area contributed by atoms with Crippen molar-refractivity contribution in [3.05, 3.63) is 54.1 Å². The molecule has 2 aromatic carbocycles. The van der Waals surface area contributed by atoms with E-state index in [9.17, 15) is 21.6 Å². The maximum atomic E-state index is 13.8. The monoisotopic (exact) mass is 491 g/mol. The highest BCUT2D eigenvalue weighted by Crippen LogP contribution is 2.32. The summed E-state index contributed by atoms with van der Waals surface area (Å²) in [7, 11) is -3.65. The van der Waals surface area contributed by atoms with Crippen LogP contribution in [0.1, 0.15) is 37.8 Å². The summed E-state index contributed by atoms with van der Waals surface area (Å²) in [6.07, 6.45) is -1.96. The Morgan fingerprint density at radius 1 is 0.912 bits per heavy atom. The van der Waals surface area contributed by atoms with Crippen molar-refractivity contribution in [2.24, 2.45) is 0 Å². The molecule has 34 heavy (non-hydrogen) atoms. The third-order valence-corrected chi connectivity index (χ3v) is 8.17. The molecule has 0 aliphatic carbocycles. The molecule has 11 heteroatoms. The third kappa shape index (κ3) is 3.86. The molecule has 0 unspecified atom stereocenters. The van der Waals surface area contributed by atoms with Gasteiger partial charge in [0.1, 0.15) is 5.82 Å². The largest absolute Gasteiger partial charge is 0.449 e. The van der Waals surface area contributed by atoms with Gasteiger partial charge in [-0.1, -0.05) is 18.6 Å². The molecule has 180 valence electrons. The molecule has 7 nitrogen and oxygen atoms in total. The average molecular weight is 492 g/mol. The first-order valence-corrected chi connectivity index (χ1v) is 12.7. The van der Waals surface area contributed by atoms with Crippen molar-refractivity contribution in [3.8, 4) is 0 Å². The van der Waals surface area contributed by atoms with Crippen LogP contribution < -0.4 is 0 Å². The zero-order valence-electron chi connectivity index (χ0n) is 18.6. The van der Waals surface area contributed by atoms with Crippen LogP contribution in [0.25, 0.3) is 22.1 Å². The average Bonchev–Trinajstić information content (AvgIpc) is 3.37. The zero-order valence-corrected chi connectivity index (χ0v) is 19.4. The second-order valence-electron chi connectivity index (χ2n) is 8.40. The molecule has 5 rings (SSSR count). The van der Waals surface area contributed by atoms with Crippen molar-refractivity contribution in [2.45, 2.75) is 50.3 Å². The first-order valence-electron chi connectivity index (χ1n) is 11.2. The number of imidazole rings is 2. The Hall–Kier alpha value is -2.92. The lowest BCUT2D eigenvalue weighted by Gasteiger charge is -2.25. The molecule has 1 saturated heterocycles. The summed E-state index contributed by atoms with van der Waals surface area (Å²) in [5.74, 6) is -0.588. The van der Waals surface area contributed by atoms with E-state index in [4.69, 9.17) is 0 Å². The number of hydrogen-bond donors (Lipinski definition) is 0. The fourth-order valence-corrected chi connectivity index (χ4v) is 6.18. The molecule has 1 aliphatic heterocycles. The first-order chi connectivity index (χ1) is 16.2. The van der Waals surface area contributed by atoms with Gasteiger partial charge in [0.15, 0.2) is 0 Å². The van der Waals surface area contributed by atoms with Gasteiger partial charge in [0.25, 0.3) is 0 Å². The highest BCUT2D eigenvalue weighted by Gasteiger charge is 2.38. The van der Waals surface area contributed by atoms with E-state index in [0.717, 1.165) is 23.8 Å². The van der Waals surface area contributed by atoms with E-state index >= 15 is 0 Å². The summed E-state index contributed by atoms with van der Waals surface area (Å²) in [5, 5.41) is 0. The summed E-state index contributed by atoms with van der Waals surface area (Å²) in [6.45, 7) is 3.18. The number of aromatic nitrogens is 4. The third-order valence-electron chi connectivity index (χ3n) is 6.28. The van der Waals surface area contributed by atoms with Crippen LogP contribution in [-0.2, 0) is 29.3 Å². The molecule has 0 amide bonds. The Bertz CT molecular complexity index is 1470. The Labute approximate surface area is 194 Å². The lowest BCUT2D eigenvalue weighted by atomic mass is 10.2. The molecule has 0 bridgehead atoms. The maximum absolute atomic E-state index is 13.8. The van der Waals surface area contributed by atoms with Gasteiger partial charge in [-0.2, -0.15) is 17.5 Å². The summed E-state index contributed by atoms with van der Waals surface area (Å²) in [6, 6.07) is 11.2. The molecule has 0 N–H and O–H groups in total. The van der Waals surface area contributed by atoms with Crippen LogP contribution in [0.2, 0.25) is 0 Å². The van der Waals surface area contributed by atoms with E-state index in [1.54, 1.807) is 36.4 Å². The van der Waals surface area contributed by atoms with Crippen molar-refractivity contribution in [3.63, 3.8) is 0 Å². The molecule has 0 saturated carbocycles. The van der Waals surface area contributed by atoms with Crippen molar-refractivity contribution < 1.29 is 21.6 Å². The van der Waals surface area contributed by atoms with E-state index < -0.39 is 22.0 Å². The van der Waals surface area contributed by atoms with E-state index in [2.05, 4.69) is 9.97 Å². The number of fused-ring (bicyclic) bond motifs is 2. The van der Waals surface area contributed by atoms with Gasteiger partial charge in [-0.25, -0.2) is 18.4 Å². The molecule has 0 spiro atoms. The SMILES string of the molecule is CCn1c(Cn2c(C(F)(F)F)nc3ccccc32)nc2cc(S(=O)(=O)N3CCCCC3)ccc21. The Kier molecular flexibility index (Phi) is 5.64. The van der Waals surface area contributed by atoms with Gasteiger partial charge in [-0.3, -0.25) is 0 Å². The van der Waals surface area contributed by atoms with E-state index in [1.807, 2.05) is 11.5 Å². The number of rotatable bonds is 5. The van der Waals surface area contributed by atoms with Crippen molar-refractivity contribution in [1.82, 2.24) is 23.4 Å². The molecular weight excluding hydrogens is 467 g/mol. The molecule has 0 radical (unpaired) electrons. The predicted octanol–water partition coefficient (Wildman–Crippen LogP) is 4.65. The Balaban J connectivity index is 1.59. The number of piperidine rings is 1. The molecule has 1 aliphatic rings. The highest BCUT2D eigenvalue weighted by molar-refractivity contribution is 7.89. The molecular formula is C23H24F3N5O2S. The zero-order chi connectivity index (χ0) is 24.1. The van der Waals surface area contributed by atoms with Crippen LogP contribution in [-0.4, -0.2) is 44.9 Å². The number of sulfonamides is 1. The lowest BCUT2D eigenvalue weighted by molar-refractivity contribution is -0.146. The van der Waals surface area contributed by atoms with Gasteiger partial charge in [-0.05, 0) is 50.1 Å². The van der Waals surface area contributed by atoms with E-state index in [1.165, 1.54) is 10.4 Å². The standard InChI is InChI=1S/C23H24F3N5O2S/c1-2-30-20-11-10-16(34(32,33)29-12-6-3-7-13-29)14-18(20)27-21(30)15-31-19-9-5-4-8-17(19)28-22(31)23(24,25)26/h4-5,8-11,14H,2-3,6-7,12-13,15H2,1H3. The maximum Gasteiger partial charge on any atom is 0.449 e. The second-order valence-corrected chi connectivity index (χ2v) is 10.3. The van der Waals surface area contributed by atoms with Crippen LogP contribution >= 0.6 is 0 Å². The summed E-state index contributed by atoms with van der Waals surface area (Å²) in [5.41, 5.74) is 1.72. The number of alkyl halides is 3. The van der Waals surface area contributed by atoms with Crippen LogP contribution in [0, 0.1) is 0 Å². The Morgan fingerprint density at radius 3 is 2.32 bits per heavy atom. The quantitative estimate of drug-likeness (QED) is 0.408. The molecule has 2 aromatic heterocycles. The topological polar surface area (TPSA) is 73.0 Å². The van der Waals surface area contributed by atoms with Crippen molar-refractivity contribution in [1.29, 1.82) is 0 Å². The number of hydrogen-bond acceptors (Lipinski definition) is 4. The van der Waals surface area contributed by atoms with Crippen LogP contribution in [0.5, 0.6) is 0 Å². The van der Waals surface area contributed by atoms with Gasteiger partial charge in [0, 0.05) is 19.6 Å². The van der Waals surface area contributed by atoms with Crippen molar-refractivity contribution in [2.75, 3.05) is 13.1 Å². The lowest BCUT2D eigenvalue weighted by Crippen LogP contribution is -2.35. The summed E-state index contributed by atoms with van der Waals surface area (Å²) in [4.78, 5) is 8.53. The van der Waals surface area contributed by atoms with E-state index in [-0.39, 0.29) is 17.0 Å². The predicted molar refractivity (Wildman–Crippen MR) is 122 cm³/mol. The second kappa shape index (κ2) is 8.38. The van der Waals surface area contributed by atoms with Crippen LogP contribution in [0.15, 0.2) is 47.4 Å². The normalized spacial score (nSPS) is 16.0. The van der Waals surface area contributed by atoms with Crippen LogP contribution in [0.4, 0.5) is 13.2 Å². The number of nitrogens with zero attached hydrogens (tertiary/aromatic N) is 5. The molecule has 3 heterocycles. The minimum atomic E-state index is -4.63. The number of para-hydroxylation sites is 2. The fraction of sp³-hybridized carbons (Fsp3) is 0.391. The molecule has 1 fully saturated rings. The van der Waals surface area contributed by atoms with Crippen LogP contribution in [0.3, 0.4) is 0 Å². The number of halogens is 3. The smallest absolute Gasteiger partial charge is 0.327 e. The fourth-order valence-electron chi connectivity index (χ4n) is 4.64. The van der Waals surface area contributed by atoms with Gasteiger partial charge in [0.2, 0.25) is 15.8 Å². The van der Waals surface area contributed by atoms with E-state index in [0.29, 0.717) is 42.0 Å². The minimum absolute atomic E-state index is 0.147. The summed E-state index contributed by atoms with van der Waals surface area (Å²) >= 11 is 0. The summed E-state index contributed by atoms with van der Waals surface area (Å²) < 4.78 is 71.9. The van der Waals surface area contributed by atoms with Gasteiger partial charge >= 0.3 is 6.18 Å². The minimum Gasteiger partial charge on any atom is -0.327 e. The molecule has 0 atom stereocenters. The van der Waals surface area contributed by atoms with Gasteiger partial charge in [-0.15, -0.1) is 0 Å². The van der Waals surface area contributed by atoms with Gasteiger partial charge < -0.3 is 9.13 Å². The van der Waals surface area contributed by atoms with Crippen molar-refractivity contribution >= 4 is 32.1 Å². The number of aryl methyl sites for hydroxylation is 1. The van der Waals surface area contributed by atoms with Gasteiger partial charge in [0.05, 0.1) is 33.5 Å². The first kappa shape index (κ1) is 22.9. The number of benzene rings is 2. The molecule has 4 aromatic rings.